The highest BCUT2D eigenvalue weighted by atomic mass is 79.9. The Kier molecular flexibility index (Phi) is 5.17. The van der Waals surface area contributed by atoms with Crippen molar-refractivity contribution in [3.8, 4) is 5.88 Å². The number of carbonyl (C=O) groups excluding carboxylic acids is 1. The molecule has 1 aliphatic rings. The summed E-state index contributed by atoms with van der Waals surface area (Å²) >= 11 is 3.33. The third-order valence-corrected chi connectivity index (χ3v) is 3.83. The zero-order valence-electron chi connectivity index (χ0n) is 11.6. The van der Waals surface area contributed by atoms with Gasteiger partial charge in [-0.05, 0) is 35.7 Å². The van der Waals surface area contributed by atoms with Crippen molar-refractivity contribution in [1.29, 1.82) is 0 Å². The number of ether oxygens (including phenoxy) is 2. The van der Waals surface area contributed by atoms with Crippen molar-refractivity contribution in [2.24, 2.45) is 5.92 Å². The molecule has 6 nitrogen and oxygen atoms in total. The predicted molar refractivity (Wildman–Crippen MR) is 77.9 cm³/mol. The lowest BCUT2D eigenvalue weighted by Gasteiger charge is -2.30. The second-order valence-corrected chi connectivity index (χ2v) is 5.39. The maximum absolute atomic E-state index is 11.7. The highest BCUT2D eigenvalue weighted by molar-refractivity contribution is 9.10. The van der Waals surface area contributed by atoms with Crippen molar-refractivity contribution in [1.82, 2.24) is 9.97 Å². The van der Waals surface area contributed by atoms with Crippen LogP contribution in [0.4, 0.5) is 5.95 Å². The van der Waals surface area contributed by atoms with Crippen LogP contribution in [0.2, 0.25) is 0 Å². The number of halogens is 1. The number of anilines is 1. The van der Waals surface area contributed by atoms with Crippen LogP contribution in [0.1, 0.15) is 19.8 Å². The van der Waals surface area contributed by atoms with Crippen molar-refractivity contribution in [3.63, 3.8) is 0 Å². The summed E-state index contributed by atoms with van der Waals surface area (Å²) in [7, 11) is 1.57. The summed E-state index contributed by atoms with van der Waals surface area (Å²) in [5.74, 6) is 1.04. The first-order valence-corrected chi connectivity index (χ1v) is 7.43. The number of piperidine rings is 1. The van der Waals surface area contributed by atoms with Gasteiger partial charge in [0.2, 0.25) is 11.8 Å². The molecule has 2 heterocycles. The minimum absolute atomic E-state index is 0.0106. The number of nitrogens with zero attached hydrogens (tertiary/aromatic N) is 3. The lowest BCUT2D eigenvalue weighted by atomic mass is 9.97. The SMILES string of the molecule is CCOC(=O)C1CCN(c2ncc(Br)c(OC)n2)CC1. The standard InChI is InChI=1S/C13H18BrN3O3/c1-3-20-12(18)9-4-6-17(7-5-9)13-15-8-10(14)11(16-13)19-2/h8-9H,3-7H2,1-2H3. The van der Waals surface area contributed by atoms with Gasteiger partial charge in [-0.15, -0.1) is 0 Å². The minimum Gasteiger partial charge on any atom is -0.480 e. The first kappa shape index (κ1) is 15.0. The molecule has 2 rings (SSSR count). The summed E-state index contributed by atoms with van der Waals surface area (Å²) in [6.45, 7) is 3.75. The van der Waals surface area contributed by atoms with E-state index >= 15 is 0 Å². The third kappa shape index (κ3) is 3.39. The summed E-state index contributed by atoms with van der Waals surface area (Å²) in [6.07, 6.45) is 3.21. The van der Waals surface area contributed by atoms with Crippen LogP contribution >= 0.6 is 15.9 Å². The Labute approximate surface area is 126 Å². The van der Waals surface area contributed by atoms with Crippen molar-refractivity contribution >= 4 is 27.8 Å². The summed E-state index contributed by atoms with van der Waals surface area (Å²) in [5.41, 5.74) is 0. The molecular formula is C13H18BrN3O3. The maximum atomic E-state index is 11.7. The number of methoxy groups -OCH3 is 1. The van der Waals surface area contributed by atoms with Crippen LogP contribution < -0.4 is 9.64 Å². The highest BCUT2D eigenvalue weighted by Gasteiger charge is 2.27. The molecule has 20 heavy (non-hydrogen) atoms. The number of carbonyl (C=O) groups is 1. The Balaban J connectivity index is 1.98. The van der Waals surface area contributed by atoms with Crippen LogP contribution in [-0.4, -0.2) is 42.7 Å². The van der Waals surface area contributed by atoms with Gasteiger partial charge in [-0.2, -0.15) is 4.98 Å². The second-order valence-electron chi connectivity index (χ2n) is 4.54. The molecule has 1 aliphatic heterocycles. The molecule has 1 fully saturated rings. The molecule has 0 radical (unpaired) electrons. The van der Waals surface area contributed by atoms with E-state index in [9.17, 15) is 4.79 Å². The van der Waals surface area contributed by atoms with E-state index in [1.54, 1.807) is 13.3 Å². The Morgan fingerprint density at radius 1 is 1.50 bits per heavy atom. The van der Waals surface area contributed by atoms with Crippen molar-refractivity contribution in [2.75, 3.05) is 31.7 Å². The van der Waals surface area contributed by atoms with Gasteiger partial charge >= 0.3 is 5.97 Å². The number of hydrogen-bond acceptors (Lipinski definition) is 6. The lowest BCUT2D eigenvalue weighted by Crippen LogP contribution is -2.37. The smallest absolute Gasteiger partial charge is 0.309 e. The van der Waals surface area contributed by atoms with Crippen LogP contribution in [0.15, 0.2) is 10.7 Å². The number of rotatable bonds is 4. The van der Waals surface area contributed by atoms with E-state index in [1.807, 2.05) is 6.92 Å². The Bertz CT molecular complexity index is 476. The van der Waals surface area contributed by atoms with E-state index in [-0.39, 0.29) is 11.9 Å². The molecule has 0 aromatic carbocycles. The quantitative estimate of drug-likeness (QED) is 0.779. The van der Waals surface area contributed by atoms with Gasteiger partial charge in [0.05, 0.1) is 30.3 Å². The lowest BCUT2D eigenvalue weighted by molar-refractivity contribution is -0.148. The summed E-state index contributed by atoms with van der Waals surface area (Å²) in [4.78, 5) is 22.4. The molecule has 0 amide bonds. The first-order chi connectivity index (χ1) is 9.65. The molecule has 7 heteroatoms. The Hall–Kier alpha value is -1.37. The Morgan fingerprint density at radius 2 is 2.20 bits per heavy atom. The van der Waals surface area contributed by atoms with Gasteiger partial charge in [-0.25, -0.2) is 4.98 Å². The largest absolute Gasteiger partial charge is 0.480 e. The van der Waals surface area contributed by atoms with E-state index in [2.05, 4.69) is 30.8 Å². The average Bonchev–Trinajstić information content (AvgIpc) is 2.48. The normalized spacial score (nSPS) is 16.1. The molecule has 1 saturated heterocycles. The van der Waals surface area contributed by atoms with Gasteiger partial charge in [0.1, 0.15) is 0 Å². The van der Waals surface area contributed by atoms with Crippen LogP contribution in [0.3, 0.4) is 0 Å². The number of aromatic nitrogens is 2. The molecule has 0 N–H and O–H groups in total. The second kappa shape index (κ2) is 6.88. The number of hydrogen-bond donors (Lipinski definition) is 0. The molecule has 0 unspecified atom stereocenters. The van der Waals surface area contributed by atoms with Gasteiger partial charge in [0.25, 0.3) is 0 Å². The molecule has 1 aromatic heterocycles. The molecule has 0 atom stereocenters. The average molecular weight is 344 g/mol. The van der Waals surface area contributed by atoms with E-state index in [4.69, 9.17) is 9.47 Å². The van der Waals surface area contributed by atoms with Gasteiger partial charge in [0.15, 0.2) is 0 Å². The van der Waals surface area contributed by atoms with Gasteiger partial charge in [-0.1, -0.05) is 0 Å². The molecule has 0 spiro atoms. The molecule has 0 bridgehead atoms. The summed E-state index contributed by atoms with van der Waals surface area (Å²) in [6, 6.07) is 0. The van der Waals surface area contributed by atoms with E-state index in [0.29, 0.717) is 18.4 Å². The third-order valence-electron chi connectivity index (χ3n) is 3.29. The monoisotopic (exact) mass is 343 g/mol. The maximum Gasteiger partial charge on any atom is 0.309 e. The molecule has 1 aromatic rings. The number of esters is 1. The fraction of sp³-hybridized carbons (Fsp3) is 0.615. The molecule has 0 aliphatic carbocycles. The summed E-state index contributed by atoms with van der Waals surface area (Å²) in [5, 5.41) is 0. The van der Waals surface area contributed by atoms with Crippen LogP contribution in [0.25, 0.3) is 0 Å². The van der Waals surface area contributed by atoms with Gasteiger partial charge < -0.3 is 14.4 Å². The van der Waals surface area contributed by atoms with Crippen LogP contribution in [0, 0.1) is 5.92 Å². The van der Waals surface area contributed by atoms with Crippen molar-refractivity contribution < 1.29 is 14.3 Å². The van der Waals surface area contributed by atoms with Crippen molar-refractivity contribution in [2.45, 2.75) is 19.8 Å². The zero-order valence-corrected chi connectivity index (χ0v) is 13.2. The molecular weight excluding hydrogens is 326 g/mol. The van der Waals surface area contributed by atoms with Gasteiger partial charge in [0, 0.05) is 13.1 Å². The fourth-order valence-corrected chi connectivity index (χ4v) is 2.57. The van der Waals surface area contributed by atoms with E-state index in [0.717, 1.165) is 30.4 Å². The molecule has 0 saturated carbocycles. The topological polar surface area (TPSA) is 64.5 Å². The summed E-state index contributed by atoms with van der Waals surface area (Å²) < 4.78 is 11.0. The highest BCUT2D eigenvalue weighted by Crippen LogP contribution is 2.26. The van der Waals surface area contributed by atoms with E-state index in [1.165, 1.54) is 0 Å². The zero-order chi connectivity index (χ0) is 14.5. The minimum atomic E-state index is -0.0959. The molecule has 110 valence electrons. The Morgan fingerprint density at radius 3 is 2.80 bits per heavy atom. The first-order valence-electron chi connectivity index (χ1n) is 6.63. The van der Waals surface area contributed by atoms with Crippen molar-refractivity contribution in [3.05, 3.63) is 10.7 Å². The van der Waals surface area contributed by atoms with Gasteiger partial charge in [-0.3, -0.25) is 4.79 Å². The van der Waals surface area contributed by atoms with Crippen LogP contribution in [-0.2, 0) is 9.53 Å². The van der Waals surface area contributed by atoms with Crippen LogP contribution in [0.5, 0.6) is 5.88 Å². The fourth-order valence-electron chi connectivity index (χ4n) is 2.21. The predicted octanol–water partition coefficient (Wildman–Crippen LogP) is 2.03. The van der Waals surface area contributed by atoms with E-state index < -0.39 is 0 Å².